The predicted octanol–water partition coefficient (Wildman–Crippen LogP) is 2.30. The van der Waals surface area contributed by atoms with Gasteiger partial charge in [0, 0.05) is 35.6 Å². The van der Waals surface area contributed by atoms with Crippen LogP contribution in [0.15, 0.2) is 42.5 Å². The van der Waals surface area contributed by atoms with E-state index in [0.29, 0.717) is 48.8 Å². The topological polar surface area (TPSA) is 84.7 Å². The Kier molecular flexibility index (Phi) is 5.00. The number of benzene rings is 2. The van der Waals surface area contributed by atoms with Crippen molar-refractivity contribution in [1.82, 2.24) is 4.90 Å². The number of nitrogens with one attached hydrogen (secondary N) is 1. The molecule has 2 amide bonds. The van der Waals surface area contributed by atoms with Gasteiger partial charge in [0.05, 0.1) is 13.2 Å². The Morgan fingerprint density at radius 3 is 2.56 bits per heavy atom. The minimum atomic E-state index is -0.258. The lowest BCUT2D eigenvalue weighted by Gasteiger charge is -2.27. The molecule has 0 unspecified atom stereocenters. The van der Waals surface area contributed by atoms with Gasteiger partial charge in [0.15, 0.2) is 0 Å². The van der Waals surface area contributed by atoms with Crippen molar-refractivity contribution in [1.29, 1.82) is 0 Å². The van der Waals surface area contributed by atoms with Crippen LogP contribution in [0.5, 0.6) is 0 Å². The van der Waals surface area contributed by atoms with Crippen LogP contribution in [-0.2, 0) is 4.74 Å². The van der Waals surface area contributed by atoms with Crippen LogP contribution in [0.25, 0.3) is 0 Å². The van der Waals surface area contributed by atoms with Gasteiger partial charge in [-0.2, -0.15) is 0 Å². The van der Waals surface area contributed by atoms with Crippen molar-refractivity contribution in [2.24, 2.45) is 0 Å². The van der Waals surface area contributed by atoms with Gasteiger partial charge in [-0.25, -0.2) is 0 Å². The van der Waals surface area contributed by atoms with Crippen molar-refractivity contribution in [2.45, 2.75) is 6.92 Å². The Morgan fingerprint density at radius 1 is 1.12 bits per heavy atom. The molecule has 0 aliphatic carbocycles. The molecule has 25 heavy (non-hydrogen) atoms. The molecule has 0 atom stereocenters. The van der Waals surface area contributed by atoms with Crippen LogP contribution >= 0.6 is 0 Å². The van der Waals surface area contributed by atoms with E-state index in [4.69, 9.17) is 10.5 Å². The van der Waals surface area contributed by atoms with E-state index in [1.54, 1.807) is 47.4 Å². The summed E-state index contributed by atoms with van der Waals surface area (Å²) in [5.41, 5.74) is 8.68. The first-order valence-corrected chi connectivity index (χ1v) is 8.20. The van der Waals surface area contributed by atoms with Gasteiger partial charge in [0.1, 0.15) is 0 Å². The van der Waals surface area contributed by atoms with Crippen LogP contribution in [0.2, 0.25) is 0 Å². The highest BCUT2D eigenvalue weighted by atomic mass is 16.5. The second kappa shape index (κ2) is 7.36. The molecule has 1 aliphatic heterocycles. The number of nitrogen functional groups attached to an aromatic ring is 1. The highest BCUT2D eigenvalue weighted by Gasteiger charge is 2.21. The maximum absolute atomic E-state index is 12.7. The third kappa shape index (κ3) is 3.80. The van der Waals surface area contributed by atoms with Crippen LogP contribution in [0.4, 0.5) is 11.4 Å². The Hall–Kier alpha value is -2.86. The Labute approximate surface area is 146 Å². The first-order chi connectivity index (χ1) is 12.1. The molecule has 2 aromatic rings. The summed E-state index contributed by atoms with van der Waals surface area (Å²) in [5.74, 6) is -0.299. The van der Waals surface area contributed by atoms with Gasteiger partial charge in [-0.3, -0.25) is 9.59 Å². The molecule has 6 nitrogen and oxygen atoms in total. The fourth-order valence-corrected chi connectivity index (χ4v) is 2.81. The van der Waals surface area contributed by atoms with Crippen molar-refractivity contribution < 1.29 is 14.3 Å². The summed E-state index contributed by atoms with van der Waals surface area (Å²) in [7, 11) is 0. The average Bonchev–Trinajstić information content (AvgIpc) is 2.63. The lowest BCUT2D eigenvalue weighted by atomic mass is 10.0. The molecular weight excluding hydrogens is 318 g/mol. The summed E-state index contributed by atoms with van der Waals surface area (Å²) < 4.78 is 5.29. The molecule has 6 heteroatoms. The van der Waals surface area contributed by atoms with E-state index in [2.05, 4.69) is 5.32 Å². The minimum Gasteiger partial charge on any atom is -0.399 e. The fraction of sp³-hybridized carbons (Fsp3) is 0.263. The number of anilines is 2. The zero-order chi connectivity index (χ0) is 17.8. The number of morpholine rings is 1. The summed E-state index contributed by atoms with van der Waals surface area (Å²) in [6.07, 6.45) is 0. The molecule has 3 rings (SSSR count). The largest absolute Gasteiger partial charge is 0.399 e. The number of hydrogen-bond acceptors (Lipinski definition) is 4. The quantitative estimate of drug-likeness (QED) is 0.841. The minimum absolute atomic E-state index is 0.0409. The van der Waals surface area contributed by atoms with E-state index < -0.39 is 0 Å². The van der Waals surface area contributed by atoms with E-state index >= 15 is 0 Å². The monoisotopic (exact) mass is 339 g/mol. The summed E-state index contributed by atoms with van der Waals surface area (Å²) >= 11 is 0. The molecule has 1 fully saturated rings. The molecule has 3 N–H and O–H groups in total. The molecule has 1 heterocycles. The van der Waals surface area contributed by atoms with Crippen molar-refractivity contribution in [3.8, 4) is 0 Å². The van der Waals surface area contributed by atoms with E-state index in [0.717, 1.165) is 5.56 Å². The summed E-state index contributed by atoms with van der Waals surface area (Å²) in [4.78, 5) is 26.9. The third-order valence-electron chi connectivity index (χ3n) is 4.26. The molecular formula is C19H21N3O3. The van der Waals surface area contributed by atoms with Crippen molar-refractivity contribution >= 4 is 23.2 Å². The van der Waals surface area contributed by atoms with Gasteiger partial charge >= 0.3 is 0 Å². The molecule has 0 spiro atoms. The molecule has 1 saturated heterocycles. The molecule has 1 aliphatic rings. The zero-order valence-electron chi connectivity index (χ0n) is 14.1. The second-order valence-electron chi connectivity index (χ2n) is 5.96. The number of nitrogens with zero attached hydrogens (tertiary/aromatic N) is 1. The summed E-state index contributed by atoms with van der Waals surface area (Å²) in [6, 6.07) is 12.1. The molecule has 0 radical (unpaired) electrons. The van der Waals surface area contributed by atoms with Gasteiger partial charge in [0.2, 0.25) is 0 Å². The van der Waals surface area contributed by atoms with E-state index in [9.17, 15) is 9.59 Å². The molecule has 0 saturated carbocycles. The van der Waals surface area contributed by atoms with Crippen molar-refractivity contribution in [2.75, 3.05) is 37.4 Å². The number of amides is 2. The van der Waals surface area contributed by atoms with Crippen LogP contribution in [0.3, 0.4) is 0 Å². The SMILES string of the molecule is Cc1c(NC(=O)c2cccc(N)c2)cccc1C(=O)N1CCOCC1. The highest BCUT2D eigenvalue weighted by molar-refractivity contribution is 6.06. The maximum atomic E-state index is 12.7. The Balaban J connectivity index is 1.81. The van der Waals surface area contributed by atoms with Crippen LogP contribution in [0, 0.1) is 6.92 Å². The zero-order valence-corrected chi connectivity index (χ0v) is 14.1. The van der Waals surface area contributed by atoms with Gasteiger partial charge in [-0.05, 0) is 42.8 Å². The first kappa shape index (κ1) is 17.0. The molecule has 130 valence electrons. The van der Waals surface area contributed by atoms with E-state index in [-0.39, 0.29) is 11.8 Å². The standard InChI is InChI=1S/C19H21N3O3/c1-13-16(19(24)22-8-10-25-11-9-22)6-3-7-17(13)21-18(23)14-4-2-5-15(20)12-14/h2-7,12H,8-11,20H2,1H3,(H,21,23). The van der Waals surface area contributed by atoms with E-state index in [1.165, 1.54) is 0 Å². The van der Waals surface area contributed by atoms with Crippen molar-refractivity contribution in [3.63, 3.8) is 0 Å². The average molecular weight is 339 g/mol. The van der Waals surface area contributed by atoms with Crippen LogP contribution in [0.1, 0.15) is 26.3 Å². The van der Waals surface area contributed by atoms with Crippen molar-refractivity contribution in [3.05, 3.63) is 59.2 Å². The maximum Gasteiger partial charge on any atom is 0.255 e. The lowest BCUT2D eigenvalue weighted by Crippen LogP contribution is -2.41. The second-order valence-corrected chi connectivity index (χ2v) is 5.96. The smallest absolute Gasteiger partial charge is 0.255 e. The summed E-state index contributed by atoms with van der Waals surface area (Å²) in [5, 5.41) is 2.86. The molecule has 0 bridgehead atoms. The summed E-state index contributed by atoms with van der Waals surface area (Å²) in [6.45, 7) is 4.10. The normalized spacial score (nSPS) is 14.2. The Bertz CT molecular complexity index is 798. The number of nitrogens with two attached hydrogens (primary N) is 1. The van der Waals surface area contributed by atoms with Gasteiger partial charge in [0.25, 0.3) is 11.8 Å². The molecule has 0 aromatic heterocycles. The number of hydrogen-bond donors (Lipinski definition) is 2. The third-order valence-corrected chi connectivity index (χ3v) is 4.26. The van der Waals surface area contributed by atoms with Gasteiger partial charge in [-0.1, -0.05) is 12.1 Å². The molecule has 2 aromatic carbocycles. The number of rotatable bonds is 3. The highest BCUT2D eigenvalue weighted by Crippen LogP contribution is 2.22. The predicted molar refractivity (Wildman–Crippen MR) is 96.7 cm³/mol. The van der Waals surface area contributed by atoms with E-state index in [1.807, 2.05) is 6.92 Å². The van der Waals surface area contributed by atoms with Crippen LogP contribution in [-0.4, -0.2) is 43.0 Å². The number of ether oxygens (including phenoxy) is 1. The fourth-order valence-electron chi connectivity index (χ4n) is 2.81. The van der Waals surface area contributed by atoms with Crippen LogP contribution < -0.4 is 11.1 Å². The lowest BCUT2D eigenvalue weighted by molar-refractivity contribution is 0.0302. The number of carbonyl (C=O) groups excluding carboxylic acids is 2. The Morgan fingerprint density at radius 2 is 1.84 bits per heavy atom. The number of carbonyl (C=O) groups is 2. The van der Waals surface area contributed by atoms with Gasteiger partial charge in [-0.15, -0.1) is 0 Å². The first-order valence-electron chi connectivity index (χ1n) is 8.20. The van der Waals surface area contributed by atoms with Gasteiger partial charge < -0.3 is 20.7 Å².